The summed E-state index contributed by atoms with van der Waals surface area (Å²) in [5.74, 6) is 0. The molecule has 2 rings (SSSR count). The molecule has 2 heterocycles. The van der Waals surface area contributed by atoms with Crippen LogP contribution in [0.1, 0.15) is 13.3 Å². The van der Waals surface area contributed by atoms with E-state index in [1.165, 1.54) is 0 Å². The fraction of sp³-hybridized carbons (Fsp3) is 0.500. The summed E-state index contributed by atoms with van der Waals surface area (Å²) in [6, 6.07) is 3.76. The van der Waals surface area contributed by atoms with Crippen LogP contribution in [-0.2, 0) is 0 Å². The van der Waals surface area contributed by atoms with Gasteiger partial charge in [-0.1, -0.05) is 11.6 Å². The Bertz CT molecular complexity index is 304. The molecule has 0 aliphatic carbocycles. The summed E-state index contributed by atoms with van der Waals surface area (Å²) in [6.07, 6.45) is 2.90. The first kappa shape index (κ1) is 9.74. The molecular weight excluding hydrogens is 198 g/mol. The van der Waals surface area contributed by atoms with Crippen LogP contribution < -0.4 is 10.6 Å². The molecule has 2 N–H and O–H groups in total. The van der Waals surface area contributed by atoms with E-state index in [4.69, 9.17) is 11.6 Å². The van der Waals surface area contributed by atoms with Gasteiger partial charge in [0, 0.05) is 12.1 Å². The molecule has 0 bridgehead atoms. The average Bonchev–Trinajstić information content (AvgIpc) is 2.57. The molecule has 4 heteroatoms. The maximum atomic E-state index is 5.71. The molecular formula is C10H14ClN3. The Morgan fingerprint density at radius 1 is 1.57 bits per heavy atom. The SMILES string of the molecule is CC1(Nc2ccc(Cl)nc2)CCNC1. The molecule has 0 spiro atoms. The summed E-state index contributed by atoms with van der Waals surface area (Å²) in [5, 5.41) is 7.33. The summed E-state index contributed by atoms with van der Waals surface area (Å²) in [4.78, 5) is 4.03. The van der Waals surface area contributed by atoms with E-state index in [2.05, 4.69) is 22.5 Å². The molecule has 0 amide bonds. The Hall–Kier alpha value is -0.800. The number of anilines is 1. The van der Waals surface area contributed by atoms with E-state index < -0.39 is 0 Å². The van der Waals surface area contributed by atoms with Gasteiger partial charge in [-0.25, -0.2) is 4.98 Å². The third-order valence-corrected chi connectivity index (χ3v) is 2.77. The van der Waals surface area contributed by atoms with Gasteiger partial charge in [-0.15, -0.1) is 0 Å². The molecule has 1 aromatic heterocycles. The smallest absolute Gasteiger partial charge is 0.129 e. The van der Waals surface area contributed by atoms with Crippen molar-refractivity contribution in [2.24, 2.45) is 0 Å². The van der Waals surface area contributed by atoms with Crippen molar-refractivity contribution in [3.05, 3.63) is 23.5 Å². The molecule has 1 aromatic rings. The monoisotopic (exact) mass is 211 g/mol. The molecule has 1 saturated heterocycles. The fourth-order valence-corrected chi connectivity index (χ4v) is 1.83. The van der Waals surface area contributed by atoms with Gasteiger partial charge in [-0.3, -0.25) is 0 Å². The minimum atomic E-state index is 0.148. The van der Waals surface area contributed by atoms with Gasteiger partial charge in [-0.05, 0) is 32.0 Å². The highest BCUT2D eigenvalue weighted by atomic mass is 35.5. The standard InChI is InChI=1S/C10H14ClN3/c1-10(4-5-12-7-10)14-8-2-3-9(11)13-6-8/h2-3,6,12,14H,4-5,7H2,1H3. The van der Waals surface area contributed by atoms with Crippen LogP contribution in [0.3, 0.4) is 0 Å². The van der Waals surface area contributed by atoms with Gasteiger partial charge in [0.15, 0.2) is 0 Å². The minimum Gasteiger partial charge on any atom is -0.377 e. The summed E-state index contributed by atoms with van der Waals surface area (Å²) in [7, 11) is 0. The second-order valence-electron chi connectivity index (χ2n) is 3.98. The second kappa shape index (κ2) is 3.75. The molecule has 3 nitrogen and oxygen atoms in total. The number of hydrogen-bond donors (Lipinski definition) is 2. The number of hydrogen-bond acceptors (Lipinski definition) is 3. The zero-order chi connectivity index (χ0) is 10.0. The lowest BCUT2D eigenvalue weighted by Crippen LogP contribution is -2.36. The van der Waals surface area contributed by atoms with Gasteiger partial charge in [0.25, 0.3) is 0 Å². The molecule has 0 radical (unpaired) electrons. The van der Waals surface area contributed by atoms with Gasteiger partial charge < -0.3 is 10.6 Å². The molecule has 1 unspecified atom stereocenters. The summed E-state index contributed by atoms with van der Waals surface area (Å²) in [6.45, 7) is 4.28. The molecule has 1 atom stereocenters. The van der Waals surface area contributed by atoms with Gasteiger partial charge in [0.1, 0.15) is 5.15 Å². The van der Waals surface area contributed by atoms with Crippen molar-refractivity contribution in [3.63, 3.8) is 0 Å². The largest absolute Gasteiger partial charge is 0.377 e. The second-order valence-corrected chi connectivity index (χ2v) is 4.37. The minimum absolute atomic E-state index is 0.148. The Morgan fingerprint density at radius 3 is 3.00 bits per heavy atom. The predicted molar refractivity (Wildman–Crippen MR) is 58.8 cm³/mol. The van der Waals surface area contributed by atoms with Crippen LogP contribution in [0, 0.1) is 0 Å². The fourth-order valence-electron chi connectivity index (χ4n) is 1.72. The highest BCUT2D eigenvalue weighted by molar-refractivity contribution is 6.29. The van der Waals surface area contributed by atoms with E-state index in [1.54, 1.807) is 12.3 Å². The zero-order valence-electron chi connectivity index (χ0n) is 8.18. The van der Waals surface area contributed by atoms with Gasteiger partial charge in [-0.2, -0.15) is 0 Å². The number of pyridine rings is 1. The van der Waals surface area contributed by atoms with Crippen molar-refractivity contribution in [2.45, 2.75) is 18.9 Å². The molecule has 14 heavy (non-hydrogen) atoms. The third-order valence-electron chi connectivity index (χ3n) is 2.54. The lowest BCUT2D eigenvalue weighted by molar-refractivity contribution is 0.567. The van der Waals surface area contributed by atoms with Gasteiger partial charge in [0.2, 0.25) is 0 Å². The Labute approximate surface area is 88.9 Å². The molecule has 0 aromatic carbocycles. The maximum absolute atomic E-state index is 5.71. The Balaban J connectivity index is 2.06. The number of rotatable bonds is 2. The van der Waals surface area contributed by atoms with Crippen LogP contribution in [0.4, 0.5) is 5.69 Å². The van der Waals surface area contributed by atoms with E-state index in [1.807, 2.05) is 6.07 Å². The molecule has 76 valence electrons. The van der Waals surface area contributed by atoms with Crippen molar-refractivity contribution in [3.8, 4) is 0 Å². The van der Waals surface area contributed by atoms with E-state index in [-0.39, 0.29) is 5.54 Å². The lowest BCUT2D eigenvalue weighted by atomic mass is 10.0. The lowest BCUT2D eigenvalue weighted by Gasteiger charge is -2.25. The number of halogens is 1. The van der Waals surface area contributed by atoms with Crippen LogP contribution in [0.5, 0.6) is 0 Å². The summed E-state index contributed by atoms with van der Waals surface area (Å²) < 4.78 is 0. The van der Waals surface area contributed by atoms with Crippen LogP contribution in [0.15, 0.2) is 18.3 Å². The molecule has 1 aliphatic rings. The zero-order valence-corrected chi connectivity index (χ0v) is 8.93. The van der Waals surface area contributed by atoms with E-state index in [0.29, 0.717) is 5.15 Å². The van der Waals surface area contributed by atoms with Crippen LogP contribution in [0.25, 0.3) is 0 Å². The predicted octanol–water partition coefficient (Wildman–Crippen LogP) is 1.90. The Kier molecular flexibility index (Phi) is 2.61. The first-order chi connectivity index (χ1) is 6.68. The topological polar surface area (TPSA) is 37.0 Å². The number of nitrogens with zero attached hydrogens (tertiary/aromatic N) is 1. The normalized spacial score (nSPS) is 26.4. The van der Waals surface area contributed by atoms with Crippen molar-refractivity contribution in [2.75, 3.05) is 18.4 Å². The first-order valence-corrected chi connectivity index (χ1v) is 5.16. The van der Waals surface area contributed by atoms with Crippen molar-refractivity contribution in [1.29, 1.82) is 0 Å². The van der Waals surface area contributed by atoms with Gasteiger partial charge >= 0.3 is 0 Å². The Morgan fingerprint density at radius 2 is 2.43 bits per heavy atom. The average molecular weight is 212 g/mol. The van der Waals surface area contributed by atoms with Crippen molar-refractivity contribution >= 4 is 17.3 Å². The quantitative estimate of drug-likeness (QED) is 0.734. The first-order valence-electron chi connectivity index (χ1n) is 4.78. The van der Waals surface area contributed by atoms with Crippen molar-refractivity contribution < 1.29 is 0 Å². The maximum Gasteiger partial charge on any atom is 0.129 e. The molecule has 1 aliphatic heterocycles. The third kappa shape index (κ3) is 2.16. The van der Waals surface area contributed by atoms with Crippen LogP contribution in [0.2, 0.25) is 5.15 Å². The van der Waals surface area contributed by atoms with Crippen LogP contribution in [-0.4, -0.2) is 23.6 Å². The highest BCUT2D eigenvalue weighted by Crippen LogP contribution is 2.20. The van der Waals surface area contributed by atoms with E-state index in [9.17, 15) is 0 Å². The van der Waals surface area contributed by atoms with E-state index >= 15 is 0 Å². The summed E-state index contributed by atoms with van der Waals surface area (Å²) >= 11 is 5.71. The molecule has 0 saturated carbocycles. The molecule has 1 fully saturated rings. The van der Waals surface area contributed by atoms with E-state index in [0.717, 1.165) is 25.2 Å². The summed E-state index contributed by atoms with van der Waals surface area (Å²) in [5.41, 5.74) is 1.18. The van der Waals surface area contributed by atoms with Gasteiger partial charge in [0.05, 0.1) is 11.9 Å². The highest BCUT2D eigenvalue weighted by Gasteiger charge is 2.27. The van der Waals surface area contributed by atoms with Crippen molar-refractivity contribution in [1.82, 2.24) is 10.3 Å². The number of nitrogens with one attached hydrogen (secondary N) is 2. The number of aromatic nitrogens is 1. The van der Waals surface area contributed by atoms with Crippen LogP contribution >= 0.6 is 11.6 Å².